The normalized spacial score (nSPS) is 22.3. The van der Waals surface area contributed by atoms with Crippen molar-refractivity contribution in [2.45, 2.75) is 37.6 Å². The molecule has 1 fully saturated rings. The second-order valence-corrected chi connectivity index (χ2v) is 9.97. The van der Waals surface area contributed by atoms with Crippen LogP contribution in [0.1, 0.15) is 37.3 Å². The molecule has 1 aromatic heterocycles. The van der Waals surface area contributed by atoms with Crippen LogP contribution in [0.25, 0.3) is 10.2 Å². The quantitative estimate of drug-likeness (QED) is 0.505. The molecule has 146 valence electrons. The van der Waals surface area contributed by atoms with Crippen LogP contribution in [0.3, 0.4) is 0 Å². The van der Waals surface area contributed by atoms with Crippen molar-refractivity contribution in [2.24, 2.45) is 0 Å². The highest BCUT2D eigenvalue weighted by Crippen LogP contribution is 2.51. The Bertz CT molecular complexity index is 1140. The molecule has 4 rings (SSSR count). The van der Waals surface area contributed by atoms with Crippen LogP contribution >= 0.6 is 35.2 Å². The lowest BCUT2D eigenvalue weighted by atomic mass is 9.75. The fraction of sp³-hybridized carbons (Fsp3) is 0.273. The van der Waals surface area contributed by atoms with Crippen LogP contribution in [0.5, 0.6) is 0 Å². The number of likely N-dealkylation sites (tertiary alicyclic amines) is 1. The van der Waals surface area contributed by atoms with Crippen molar-refractivity contribution in [2.75, 3.05) is 0 Å². The lowest BCUT2D eigenvalue weighted by Gasteiger charge is -2.34. The molecule has 2 heterocycles. The molecule has 3 aromatic rings. The van der Waals surface area contributed by atoms with Crippen molar-refractivity contribution >= 4 is 56.2 Å². The maximum Gasteiger partial charge on any atom is 0.179 e. The molecule has 7 heteroatoms. The van der Waals surface area contributed by atoms with E-state index in [0.717, 1.165) is 15.8 Å². The number of thiocarbonyl (C=S) groups is 1. The maximum absolute atomic E-state index is 10.5. The lowest BCUT2D eigenvalue weighted by Crippen LogP contribution is -2.47. The van der Waals surface area contributed by atoms with Crippen LogP contribution in [-0.4, -0.2) is 26.2 Å². The van der Waals surface area contributed by atoms with E-state index in [1.54, 1.807) is 17.0 Å². The molecule has 29 heavy (non-hydrogen) atoms. The molecule has 0 amide bonds. The standard InChI is InChI=1S/C22H19ClN4S2/c1-21(2,3)27-18(28)17(13-8-10-14(23)11-9-13)22(12-24,19(27)25)20-26-15-6-4-5-7-16(15)29-20/h4-11,17,25H,1-3H3/t17-,22+/m0/s1. The molecule has 2 atom stereocenters. The summed E-state index contributed by atoms with van der Waals surface area (Å²) in [5, 5.41) is 20.8. The molecule has 0 spiro atoms. The average molecular weight is 439 g/mol. The van der Waals surface area contributed by atoms with Crippen LogP contribution in [0, 0.1) is 16.7 Å². The summed E-state index contributed by atoms with van der Waals surface area (Å²) in [5.41, 5.74) is -0.0441. The molecule has 0 unspecified atom stereocenters. The molecule has 1 N–H and O–H groups in total. The minimum atomic E-state index is -1.29. The van der Waals surface area contributed by atoms with E-state index in [2.05, 4.69) is 6.07 Å². The van der Waals surface area contributed by atoms with Gasteiger partial charge in [0, 0.05) is 10.6 Å². The molecule has 0 radical (unpaired) electrons. The van der Waals surface area contributed by atoms with Crippen LogP contribution in [0.15, 0.2) is 48.5 Å². The van der Waals surface area contributed by atoms with Gasteiger partial charge in [0.1, 0.15) is 10.8 Å². The fourth-order valence-electron chi connectivity index (χ4n) is 3.88. The van der Waals surface area contributed by atoms with E-state index in [-0.39, 0.29) is 5.84 Å². The Morgan fingerprint density at radius 3 is 2.45 bits per heavy atom. The molecule has 0 aliphatic carbocycles. The van der Waals surface area contributed by atoms with E-state index in [1.807, 2.05) is 57.2 Å². The van der Waals surface area contributed by atoms with Crippen molar-refractivity contribution in [3.63, 3.8) is 0 Å². The number of para-hydroxylation sites is 1. The molecule has 0 bridgehead atoms. The fourth-order valence-corrected chi connectivity index (χ4v) is 5.82. The van der Waals surface area contributed by atoms with Gasteiger partial charge in [-0.25, -0.2) is 4.98 Å². The first kappa shape index (κ1) is 20.0. The van der Waals surface area contributed by atoms with Gasteiger partial charge < -0.3 is 4.90 Å². The van der Waals surface area contributed by atoms with Gasteiger partial charge in [-0.15, -0.1) is 11.3 Å². The first-order chi connectivity index (χ1) is 13.7. The van der Waals surface area contributed by atoms with Gasteiger partial charge in [0.15, 0.2) is 5.41 Å². The number of nitriles is 1. The summed E-state index contributed by atoms with van der Waals surface area (Å²) in [7, 11) is 0. The number of nitrogens with zero attached hydrogens (tertiary/aromatic N) is 3. The van der Waals surface area contributed by atoms with Gasteiger partial charge in [0.2, 0.25) is 0 Å². The zero-order chi connectivity index (χ0) is 21.0. The van der Waals surface area contributed by atoms with Crippen LogP contribution in [0.2, 0.25) is 5.02 Å². The number of amidine groups is 1. The third-order valence-electron chi connectivity index (χ3n) is 5.18. The summed E-state index contributed by atoms with van der Waals surface area (Å²) in [6, 6.07) is 17.6. The summed E-state index contributed by atoms with van der Waals surface area (Å²) in [6.07, 6.45) is 0. The molecule has 2 aromatic carbocycles. The topological polar surface area (TPSA) is 63.8 Å². The van der Waals surface area contributed by atoms with Crippen LogP contribution in [-0.2, 0) is 5.41 Å². The third kappa shape index (κ3) is 2.96. The number of halogens is 1. The van der Waals surface area contributed by atoms with Gasteiger partial charge in [-0.2, -0.15) is 5.26 Å². The van der Waals surface area contributed by atoms with Gasteiger partial charge >= 0.3 is 0 Å². The SMILES string of the molecule is CC(C)(C)N1C(=N)[C@](C#N)(c2nc3ccccc3s2)[C@@H](c2ccc(Cl)cc2)C1=S. The molecule has 1 saturated heterocycles. The highest BCUT2D eigenvalue weighted by Gasteiger charge is 2.60. The summed E-state index contributed by atoms with van der Waals surface area (Å²) in [4.78, 5) is 7.14. The average Bonchev–Trinajstić information content (AvgIpc) is 3.19. The van der Waals surface area contributed by atoms with E-state index >= 15 is 0 Å². The van der Waals surface area contributed by atoms with Gasteiger partial charge in [-0.3, -0.25) is 5.41 Å². The second kappa shape index (κ2) is 6.88. The third-order valence-corrected chi connectivity index (χ3v) is 7.02. The van der Waals surface area contributed by atoms with E-state index in [9.17, 15) is 5.26 Å². The first-order valence-corrected chi connectivity index (χ1v) is 10.8. The summed E-state index contributed by atoms with van der Waals surface area (Å²) in [6.45, 7) is 6.00. The molecule has 0 saturated carbocycles. The molecule has 1 aliphatic heterocycles. The van der Waals surface area contributed by atoms with E-state index in [0.29, 0.717) is 15.0 Å². The Balaban J connectivity index is 2.01. The second-order valence-electron chi connectivity index (χ2n) is 8.08. The smallest absolute Gasteiger partial charge is 0.179 e. The van der Waals surface area contributed by atoms with Gasteiger partial charge in [-0.05, 0) is 50.6 Å². The summed E-state index contributed by atoms with van der Waals surface area (Å²) in [5.74, 6) is -0.316. The monoisotopic (exact) mass is 438 g/mol. The number of nitrogens with one attached hydrogen (secondary N) is 1. The lowest BCUT2D eigenvalue weighted by molar-refractivity contribution is 0.346. The number of rotatable bonds is 2. The number of aromatic nitrogens is 1. The minimum absolute atomic E-state index is 0.177. The maximum atomic E-state index is 10.5. The Morgan fingerprint density at radius 2 is 1.86 bits per heavy atom. The van der Waals surface area contributed by atoms with Crippen molar-refractivity contribution in [3.05, 3.63) is 64.1 Å². The summed E-state index contributed by atoms with van der Waals surface area (Å²) >= 11 is 13.4. The number of fused-ring (bicyclic) bond motifs is 1. The molecule has 4 nitrogen and oxygen atoms in total. The predicted octanol–water partition coefficient (Wildman–Crippen LogP) is 5.91. The Kier molecular flexibility index (Phi) is 4.73. The highest BCUT2D eigenvalue weighted by molar-refractivity contribution is 7.80. The number of hydrogen-bond donors (Lipinski definition) is 1. The largest absolute Gasteiger partial charge is 0.317 e. The van der Waals surface area contributed by atoms with E-state index in [4.69, 9.17) is 34.2 Å². The van der Waals surface area contributed by atoms with Crippen molar-refractivity contribution in [1.29, 1.82) is 10.7 Å². The number of hydrogen-bond acceptors (Lipinski definition) is 5. The van der Waals surface area contributed by atoms with Crippen molar-refractivity contribution < 1.29 is 0 Å². The predicted molar refractivity (Wildman–Crippen MR) is 123 cm³/mol. The Morgan fingerprint density at radius 1 is 1.21 bits per heavy atom. The number of benzene rings is 2. The van der Waals surface area contributed by atoms with Crippen molar-refractivity contribution in [1.82, 2.24) is 9.88 Å². The first-order valence-electron chi connectivity index (χ1n) is 9.16. The molecular weight excluding hydrogens is 420 g/mol. The zero-order valence-corrected chi connectivity index (χ0v) is 18.6. The van der Waals surface area contributed by atoms with Gasteiger partial charge in [-0.1, -0.05) is 48.1 Å². The van der Waals surface area contributed by atoms with Crippen LogP contribution < -0.4 is 0 Å². The van der Waals surface area contributed by atoms with E-state index < -0.39 is 16.9 Å². The van der Waals surface area contributed by atoms with Gasteiger partial charge in [0.25, 0.3) is 0 Å². The van der Waals surface area contributed by atoms with Crippen LogP contribution in [0.4, 0.5) is 0 Å². The highest BCUT2D eigenvalue weighted by atomic mass is 35.5. The Labute approximate surface area is 184 Å². The minimum Gasteiger partial charge on any atom is -0.317 e. The number of thiazole rings is 1. The van der Waals surface area contributed by atoms with Gasteiger partial charge in [0.05, 0.1) is 27.2 Å². The van der Waals surface area contributed by atoms with Crippen molar-refractivity contribution in [3.8, 4) is 6.07 Å². The summed E-state index contributed by atoms with van der Waals surface area (Å²) < 4.78 is 0.986. The zero-order valence-electron chi connectivity index (χ0n) is 16.2. The van der Waals surface area contributed by atoms with E-state index in [1.165, 1.54) is 11.3 Å². The molecule has 1 aliphatic rings. The molecular formula is C22H19ClN4S2. The Hall–Kier alpha value is -2.33.